The van der Waals surface area contributed by atoms with Crippen molar-refractivity contribution in [3.63, 3.8) is 0 Å². The maximum Gasteiger partial charge on any atom is 0.221 e. The quantitative estimate of drug-likeness (QED) is 0.270. The minimum atomic E-state index is -0.272. The Morgan fingerprint density at radius 1 is 0.865 bits per heavy atom. The molecule has 2 aromatic heterocycles. The molecule has 6 heteroatoms. The van der Waals surface area contributed by atoms with Crippen LogP contribution >= 0.6 is 0 Å². The third-order valence-corrected chi connectivity index (χ3v) is 6.36. The summed E-state index contributed by atoms with van der Waals surface area (Å²) in [6.45, 7) is 0.920. The van der Waals surface area contributed by atoms with Crippen molar-refractivity contribution in [2.45, 2.75) is 25.5 Å². The highest BCUT2D eigenvalue weighted by atomic mass is 16.5. The Morgan fingerprint density at radius 2 is 1.54 bits per heavy atom. The van der Waals surface area contributed by atoms with E-state index in [1.54, 1.807) is 7.11 Å². The van der Waals surface area contributed by atoms with Gasteiger partial charge in [0.1, 0.15) is 12.4 Å². The Labute approximate surface area is 216 Å². The zero-order valence-corrected chi connectivity index (χ0v) is 20.7. The first kappa shape index (κ1) is 24.1. The van der Waals surface area contributed by atoms with Crippen LogP contribution in [0.15, 0.2) is 109 Å². The average molecular weight is 492 g/mol. The van der Waals surface area contributed by atoms with E-state index in [4.69, 9.17) is 14.5 Å². The van der Waals surface area contributed by atoms with Gasteiger partial charge in [-0.15, -0.1) is 0 Å². The number of ether oxygens (including phenoxy) is 2. The van der Waals surface area contributed by atoms with E-state index in [-0.39, 0.29) is 18.2 Å². The van der Waals surface area contributed by atoms with Crippen LogP contribution in [-0.4, -0.2) is 22.4 Å². The number of nitrogens with zero attached hydrogens (tertiary/aromatic N) is 2. The lowest BCUT2D eigenvalue weighted by molar-refractivity contribution is -0.121. The average Bonchev–Trinajstić information content (AvgIpc) is 3.39. The molecule has 5 rings (SSSR count). The highest BCUT2D eigenvalue weighted by Gasteiger charge is 2.25. The Hall–Kier alpha value is -4.58. The fourth-order valence-corrected chi connectivity index (χ4v) is 4.49. The maximum atomic E-state index is 13.2. The van der Waals surface area contributed by atoms with Crippen LogP contribution in [0, 0.1) is 0 Å². The second kappa shape index (κ2) is 11.4. The monoisotopic (exact) mass is 491 g/mol. The molecular weight excluding hydrogens is 462 g/mol. The smallest absolute Gasteiger partial charge is 0.221 e. The van der Waals surface area contributed by atoms with Gasteiger partial charge in [-0.1, -0.05) is 78.9 Å². The van der Waals surface area contributed by atoms with E-state index in [1.165, 1.54) is 0 Å². The summed E-state index contributed by atoms with van der Waals surface area (Å²) >= 11 is 0. The molecule has 3 aromatic carbocycles. The van der Waals surface area contributed by atoms with Gasteiger partial charge in [-0.25, -0.2) is 4.98 Å². The number of methoxy groups -OCH3 is 1. The second-order valence-electron chi connectivity index (χ2n) is 8.78. The number of hydrogen-bond acceptors (Lipinski definition) is 4. The van der Waals surface area contributed by atoms with Crippen molar-refractivity contribution in [2.75, 3.05) is 7.11 Å². The molecule has 0 fully saturated rings. The molecule has 0 radical (unpaired) electrons. The number of carbonyl (C=O) groups excluding carboxylic acids is 1. The van der Waals surface area contributed by atoms with Crippen LogP contribution in [0.1, 0.15) is 34.7 Å². The summed E-state index contributed by atoms with van der Waals surface area (Å²) in [4.78, 5) is 17.9. The molecule has 2 heterocycles. The summed E-state index contributed by atoms with van der Waals surface area (Å²) in [5.41, 5.74) is 4.66. The molecule has 0 aliphatic carbocycles. The van der Waals surface area contributed by atoms with E-state index < -0.39 is 0 Å². The lowest BCUT2D eigenvalue weighted by atomic mass is 9.91. The fourth-order valence-electron chi connectivity index (χ4n) is 4.49. The van der Waals surface area contributed by atoms with Crippen LogP contribution in [0.4, 0.5) is 0 Å². The Bertz CT molecular complexity index is 1470. The lowest BCUT2D eigenvalue weighted by Crippen LogP contribution is -2.25. The van der Waals surface area contributed by atoms with Crippen LogP contribution in [-0.2, 0) is 17.9 Å². The molecule has 0 aliphatic rings. The van der Waals surface area contributed by atoms with Gasteiger partial charge in [-0.3, -0.25) is 4.79 Å². The summed E-state index contributed by atoms with van der Waals surface area (Å²) in [5, 5.41) is 3.06. The van der Waals surface area contributed by atoms with Gasteiger partial charge in [0.2, 0.25) is 5.91 Å². The van der Waals surface area contributed by atoms with E-state index in [9.17, 15) is 4.79 Å². The Balaban J connectivity index is 1.45. The van der Waals surface area contributed by atoms with Gasteiger partial charge in [0.05, 0.1) is 12.8 Å². The van der Waals surface area contributed by atoms with Crippen molar-refractivity contribution in [2.24, 2.45) is 0 Å². The molecule has 0 aliphatic heterocycles. The summed E-state index contributed by atoms with van der Waals surface area (Å²) in [6, 6.07) is 31.6. The van der Waals surface area contributed by atoms with E-state index >= 15 is 0 Å². The van der Waals surface area contributed by atoms with Gasteiger partial charge in [0, 0.05) is 36.8 Å². The maximum absolute atomic E-state index is 13.2. The molecule has 1 unspecified atom stereocenters. The second-order valence-corrected chi connectivity index (χ2v) is 8.78. The molecule has 1 atom stereocenters. The van der Waals surface area contributed by atoms with Gasteiger partial charge < -0.3 is 19.2 Å². The number of para-hydroxylation sites is 1. The van der Waals surface area contributed by atoms with Crippen molar-refractivity contribution >= 4 is 11.6 Å². The van der Waals surface area contributed by atoms with Gasteiger partial charge in [-0.05, 0) is 29.3 Å². The first-order valence-electron chi connectivity index (χ1n) is 12.3. The fraction of sp³-hybridized carbons (Fsp3) is 0.161. The SMILES string of the molecule is COc1ccccc1C(CC(=O)NCc1ccccc1)c1cnc2c(OCc3ccccc3)cccn12. The molecule has 0 bridgehead atoms. The number of nitrogens with one attached hydrogen (secondary N) is 1. The standard InChI is InChI=1S/C31H29N3O3/c1-36-28-16-9-8-15-25(28)26(19-30(35)32-20-23-11-4-2-5-12-23)27-21-33-31-29(17-10-18-34(27)31)37-22-24-13-6-3-7-14-24/h2-18,21,26H,19-20,22H2,1H3,(H,32,35). The zero-order valence-electron chi connectivity index (χ0n) is 20.7. The van der Waals surface area contributed by atoms with Crippen molar-refractivity contribution < 1.29 is 14.3 Å². The third kappa shape index (κ3) is 5.64. The highest BCUT2D eigenvalue weighted by molar-refractivity contribution is 5.77. The predicted octanol–water partition coefficient (Wildman–Crippen LogP) is 5.76. The first-order valence-corrected chi connectivity index (χ1v) is 12.3. The van der Waals surface area contributed by atoms with Gasteiger partial charge in [0.25, 0.3) is 0 Å². The molecule has 186 valence electrons. The van der Waals surface area contributed by atoms with Crippen molar-refractivity contribution in [3.05, 3.63) is 132 Å². The van der Waals surface area contributed by atoms with Crippen LogP contribution < -0.4 is 14.8 Å². The normalized spacial score (nSPS) is 11.7. The number of hydrogen-bond donors (Lipinski definition) is 1. The number of aromatic nitrogens is 2. The molecule has 0 saturated heterocycles. The number of rotatable bonds is 10. The van der Waals surface area contributed by atoms with E-state index in [1.807, 2.05) is 114 Å². The number of amides is 1. The van der Waals surface area contributed by atoms with Crippen molar-refractivity contribution in [1.29, 1.82) is 0 Å². The van der Waals surface area contributed by atoms with E-state index in [0.29, 0.717) is 24.5 Å². The Morgan fingerprint density at radius 3 is 2.30 bits per heavy atom. The molecule has 1 N–H and O–H groups in total. The van der Waals surface area contributed by atoms with Crippen LogP contribution in [0.2, 0.25) is 0 Å². The lowest BCUT2D eigenvalue weighted by Gasteiger charge is -2.20. The van der Waals surface area contributed by atoms with Gasteiger partial charge in [0.15, 0.2) is 11.4 Å². The molecule has 37 heavy (non-hydrogen) atoms. The topological polar surface area (TPSA) is 64.9 Å². The summed E-state index contributed by atoms with van der Waals surface area (Å²) < 4.78 is 13.8. The number of pyridine rings is 1. The number of benzene rings is 3. The molecule has 0 spiro atoms. The molecular formula is C31H29N3O3. The van der Waals surface area contributed by atoms with Crippen molar-refractivity contribution in [3.8, 4) is 11.5 Å². The van der Waals surface area contributed by atoms with Crippen LogP contribution in [0.5, 0.6) is 11.5 Å². The minimum Gasteiger partial charge on any atom is -0.496 e. The number of carbonyl (C=O) groups is 1. The minimum absolute atomic E-state index is 0.0498. The summed E-state index contributed by atoms with van der Waals surface area (Å²) in [5.74, 6) is 1.09. The van der Waals surface area contributed by atoms with E-state index in [0.717, 1.165) is 28.1 Å². The molecule has 0 saturated carbocycles. The van der Waals surface area contributed by atoms with Crippen molar-refractivity contribution in [1.82, 2.24) is 14.7 Å². The first-order chi connectivity index (χ1) is 18.2. The van der Waals surface area contributed by atoms with E-state index in [2.05, 4.69) is 5.32 Å². The number of imidazole rings is 1. The molecule has 6 nitrogen and oxygen atoms in total. The van der Waals surface area contributed by atoms with Gasteiger partial charge >= 0.3 is 0 Å². The number of fused-ring (bicyclic) bond motifs is 1. The van der Waals surface area contributed by atoms with Crippen LogP contribution in [0.25, 0.3) is 5.65 Å². The summed E-state index contributed by atoms with van der Waals surface area (Å²) in [7, 11) is 1.65. The zero-order chi connectivity index (χ0) is 25.5. The Kier molecular flexibility index (Phi) is 7.46. The summed E-state index contributed by atoms with van der Waals surface area (Å²) in [6.07, 6.45) is 4.03. The largest absolute Gasteiger partial charge is 0.496 e. The highest BCUT2D eigenvalue weighted by Crippen LogP contribution is 2.36. The van der Waals surface area contributed by atoms with Crippen LogP contribution in [0.3, 0.4) is 0 Å². The molecule has 5 aromatic rings. The molecule has 1 amide bonds. The predicted molar refractivity (Wildman–Crippen MR) is 144 cm³/mol. The van der Waals surface area contributed by atoms with Gasteiger partial charge in [-0.2, -0.15) is 0 Å². The third-order valence-electron chi connectivity index (χ3n) is 6.36.